The van der Waals surface area contributed by atoms with Gasteiger partial charge in [0, 0.05) is 38.3 Å². The lowest BCUT2D eigenvalue weighted by atomic mass is 9.75. The van der Waals surface area contributed by atoms with Gasteiger partial charge in [0.2, 0.25) is 0 Å². The van der Waals surface area contributed by atoms with Crippen molar-refractivity contribution in [2.75, 3.05) is 0 Å². The molecule has 1 aliphatic rings. The van der Waals surface area contributed by atoms with Crippen LogP contribution in [0.4, 0.5) is 0 Å². The van der Waals surface area contributed by atoms with E-state index in [0.29, 0.717) is 22.5 Å². The summed E-state index contributed by atoms with van der Waals surface area (Å²) in [6, 6.07) is 31.9. The van der Waals surface area contributed by atoms with E-state index in [9.17, 15) is 0 Å². The smallest absolute Gasteiger partial charge is 0.164 e. The minimum atomic E-state index is -0.227. The van der Waals surface area contributed by atoms with Crippen LogP contribution >= 0.6 is 11.6 Å². The molecular formula is C30H22ClN3O. The van der Waals surface area contributed by atoms with Crippen molar-refractivity contribution in [3.05, 3.63) is 113 Å². The first-order chi connectivity index (χ1) is 17.0. The van der Waals surface area contributed by atoms with Crippen LogP contribution in [0, 0.1) is 0 Å². The highest BCUT2D eigenvalue weighted by Crippen LogP contribution is 2.49. The average Bonchev–Trinajstić information content (AvgIpc) is 2.89. The van der Waals surface area contributed by atoms with Crippen LogP contribution in [-0.4, -0.2) is 15.0 Å². The van der Waals surface area contributed by atoms with Gasteiger partial charge in [-0.3, -0.25) is 0 Å². The van der Waals surface area contributed by atoms with Crippen molar-refractivity contribution in [3.8, 4) is 45.7 Å². The predicted octanol–water partition coefficient (Wildman–Crippen LogP) is 7.96. The summed E-state index contributed by atoms with van der Waals surface area (Å²) >= 11 is 6.27. The second kappa shape index (κ2) is 8.33. The molecule has 1 aromatic heterocycles. The summed E-state index contributed by atoms with van der Waals surface area (Å²) < 4.78 is 6.33. The molecule has 0 saturated heterocycles. The Balaban J connectivity index is 1.50. The lowest BCUT2D eigenvalue weighted by molar-refractivity contribution is 0.418. The second-order valence-electron chi connectivity index (χ2n) is 9.12. The van der Waals surface area contributed by atoms with Crippen LogP contribution in [0.5, 0.6) is 11.5 Å². The lowest BCUT2D eigenvalue weighted by Crippen LogP contribution is -2.24. The first kappa shape index (κ1) is 21.5. The van der Waals surface area contributed by atoms with Gasteiger partial charge in [0.25, 0.3) is 0 Å². The summed E-state index contributed by atoms with van der Waals surface area (Å²) in [6.07, 6.45) is 0. The molecule has 0 bridgehead atoms. The van der Waals surface area contributed by atoms with Gasteiger partial charge in [0.05, 0.1) is 0 Å². The van der Waals surface area contributed by atoms with Crippen LogP contribution < -0.4 is 4.74 Å². The summed E-state index contributed by atoms with van der Waals surface area (Å²) in [4.78, 5) is 14.5. The number of ether oxygens (including phenoxy) is 1. The molecule has 0 radical (unpaired) electrons. The third kappa shape index (κ3) is 3.86. The fourth-order valence-corrected chi connectivity index (χ4v) is 4.72. The molecule has 6 rings (SSSR count). The molecule has 0 spiro atoms. The van der Waals surface area contributed by atoms with E-state index in [2.05, 4.69) is 26.0 Å². The number of hydrogen-bond donors (Lipinski definition) is 0. The molecule has 35 heavy (non-hydrogen) atoms. The molecule has 4 nitrogen and oxygen atoms in total. The standard InChI is InChI=1S/C30H22ClN3O/c1-30(2)23-15-13-21(17-25(23)35-26-18-22(31)14-16-24(26)30)29-33-27(19-9-5-3-6-10-19)32-28(34-29)20-11-7-4-8-12-20/h3-18H,1-2H3. The molecule has 0 saturated carbocycles. The van der Waals surface area contributed by atoms with Gasteiger partial charge in [-0.2, -0.15) is 0 Å². The Bertz CT molecular complexity index is 1490. The summed E-state index contributed by atoms with van der Waals surface area (Å²) in [6.45, 7) is 4.40. The largest absolute Gasteiger partial charge is 0.457 e. The number of fused-ring (bicyclic) bond motifs is 2. The van der Waals surface area contributed by atoms with Crippen molar-refractivity contribution in [2.24, 2.45) is 0 Å². The predicted molar refractivity (Wildman–Crippen MR) is 140 cm³/mol. The average molecular weight is 476 g/mol. The second-order valence-corrected chi connectivity index (χ2v) is 9.55. The fourth-order valence-electron chi connectivity index (χ4n) is 4.56. The first-order valence-electron chi connectivity index (χ1n) is 11.5. The van der Waals surface area contributed by atoms with E-state index in [4.69, 9.17) is 31.3 Å². The number of benzene rings is 4. The summed E-state index contributed by atoms with van der Waals surface area (Å²) in [5.41, 5.74) is 4.73. The van der Waals surface area contributed by atoms with E-state index in [0.717, 1.165) is 39.3 Å². The van der Waals surface area contributed by atoms with E-state index in [1.807, 2.05) is 84.9 Å². The van der Waals surface area contributed by atoms with Gasteiger partial charge in [-0.1, -0.05) is 104 Å². The molecular weight excluding hydrogens is 454 g/mol. The van der Waals surface area contributed by atoms with Crippen molar-refractivity contribution in [1.29, 1.82) is 0 Å². The third-order valence-corrected chi connectivity index (χ3v) is 6.68. The van der Waals surface area contributed by atoms with Crippen molar-refractivity contribution in [2.45, 2.75) is 19.3 Å². The maximum Gasteiger partial charge on any atom is 0.164 e. The van der Waals surface area contributed by atoms with Crippen LogP contribution in [0.1, 0.15) is 25.0 Å². The number of hydrogen-bond acceptors (Lipinski definition) is 4. The first-order valence-corrected chi connectivity index (χ1v) is 11.9. The third-order valence-electron chi connectivity index (χ3n) is 6.45. The Morgan fingerprint density at radius 2 is 1.06 bits per heavy atom. The zero-order chi connectivity index (χ0) is 24.0. The van der Waals surface area contributed by atoms with Crippen LogP contribution in [0.25, 0.3) is 34.2 Å². The van der Waals surface area contributed by atoms with Crippen molar-refractivity contribution < 1.29 is 4.74 Å². The van der Waals surface area contributed by atoms with E-state index in [-0.39, 0.29) is 5.41 Å². The van der Waals surface area contributed by atoms with Crippen molar-refractivity contribution >= 4 is 11.6 Å². The van der Waals surface area contributed by atoms with Gasteiger partial charge in [-0.25, -0.2) is 15.0 Å². The van der Waals surface area contributed by atoms with Gasteiger partial charge in [-0.15, -0.1) is 0 Å². The number of aromatic nitrogens is 3. The molecule has 1 aliphatic heterocycles. The topological polar surface area (TPSA) is 47.9 Å². The molecule has 0 amide bonds. The maximum atomic E-state index is 6.33. The van der Waals surface area contributed by atoms with E-state index in [1.165, 1.54) is 0 Å². The highest BCUT2D eigenvalue weighted by molar-refractivity contribution is 6.30. The van der Waals surface area contributed by atoms with Crippen molar-refractivity contribution in [1.82, 2.24) is 15.0 Å². The highest BCUT2D eigenvalue weighted by atomic mass is 35.5. The summed E-state index contributed by atoms with van der Waals surface area (Å²) in [7, 11) is 0. The monoisotopic (exact) mass is 475 g/mol. The zero-order valence-corrected chi connectivity index (χ0v) is 20.1. The number of nitrogens with zero attached hydrogens (tertiary/aromatic N) is 3. The summed E-state index contributed by atoms with van der Waals surface area (Å²) in [5.74, 6) is 3.41. The lowest BCUT2D eigenvalue weighted by Gasteiger charge is -2.34. The normalized spacial score (nSPS) is 13.5. The number of rotatable bonds is 3. The van der Waals surface area contributed by atoms with E-state index < -0.39 is 0 Å². The summed E-state index contributed by atoms with van der Waals surface area (Å²) in [5, 5.41) is 0.650. The molecule has 2 heterocycles. The molecule has 0 N–H and O–H groups in total. The maximum absolute atomic E-state index is 6.33. The van der Waals surface area contributed by atoms with E-state index in [1.54, 1.807) is 0 Å². The quantitative estimate of drug-likeness (QED) is 0.265. The van der Waals surface area contributed by atoms with Crippen LogP contribution in [0.15, 0.2) is 97.1 Å². The Morgan fingerprint density at radius 3 is 1.63 bits per heavy atom. The Labute approximate surface area is 209 Å². The van der Waals surface area contributed by atoms with E-state index >= 15 is 0 Å². The Kier molecular flexibility index (Phi) is 5.12. The molecule has 4 aromatic carbocycles. The molecule has 0 unspecified atom stereocenters. The molecule has 5 heteroatoms. The fraction of sp³-hybridized carbons (Fsp3) is 0.100. The minimum absolute atomic E-state index is 0.227. The van der Waals surface area contributed by atoms with Gasteiger partial charge in [0.1, 0.15) is 11.5 Å². The van der Waals surface area contributed by atoms with Gasteiger partial charge in [0.15, 0.2) is 17.5 Å². The SMILES string of the molecule is CC1(C)c2ccc(Cl)cc2Oc2cc(-c3nc(-c4ccccc4)nc(-c4ccccc4)n3)ccc21. The minimum Gasteiger partial charge on any atom is -0.457 e. The van der Waals surface area contributed by atoms with Crippen LogP contribution in [-0.2, 0) is 5.41 Å². The molecule has 0 aliphatic carbocycles. The van der Waals surface area contributed by atoms with Crippen LogP contribution in [0.2, 0.25) is 5.02 Å². The Morgan fingerprint density at radius 1 is 0.571 bits per heavy atom. The van der Waals surface area contributed by atoms with Gasteiger partial charge >= 0.3 is 0 Å². The highest BCUT2D eigenvalue weighted by Gasteiger charge is 2.34. The Hall–Kier alpha value is -4.02. The molecule has 170 valence electrons. The van der Waals surface area contributed by atoms with Crippen molar-refractivity contribution in [3.63, 3.8) is 0 Å². The van der Waals surface area contributed by atoms with Crippen LogP contribution in [0.3, 0.4) is 0 Å². The van der Waals surface area contributed by atoms with Gasteiger partial charge < -0.3 is 4.74 Å². The zero-order valence-electron chi connectivity index (χ0n) is 19.4. The number of halogens is 1. The molecule has 0 atom stereocenters. The van der Waals surface area contributed by atoms with Gasteiger partial charge in [-0.05, 0) is 18.2 Å². The molecule has 5 aromatic rings. The molecule has 0 fully saturated rings.